The van der Waals surface area contributed by atoms with E-state index in [1.807, 2.05) is 19.9 Å². The quantitative estimate of drug-likeness (QED) is 0.928. The summed E-state index contributed by atoms with van der Waals surface area (Å²) in [5.74, 6) is -0.0192. The fourth-order valence-electron chi connectivity index (χ4n) is 2.73. The molecule has 6 nitrogen and oxygen atoms in total. The Morgan fingerprint density at radius 2 is 1.87 bits per heavy atom. The predicted octanol–water partition coefficient (Wildman–Crippen LogP) is 2.00. The number of anilines is 2. The number of benzene rings is 1. The molecule has 1 amide bonds. The van der Waals surface area contributed by atoms with Gasteiger partial charge >= 0.3 is 0 Å². The van der Waals surface area contributed by atoms with Crippen molar-refractivity contribution >= 4 is 28.1 Å². The van der Waals surface area contributed by atoms with Gasteiger partial charge in [0.15, 0.2) is 0 Å². The van der Waals surface area contributed by atoms with E-state index in [4.69, 9.17) is 0 Å². The highest BCUT2D eigenvalue weighted by molar-refractivity contribution is 7.15. The van der Waals surface area contributed by atoms with Crippen molar-refractivity contribution in [3.05, 3.63) is 35.3 Å². The number of aryl methyl sites for hydroxylation is 1. The molecule has 122 valence electrons. The first-order valence-corrected chi connectivity index (χ1v) is 8.60. The Labute approximate surface area is 140 Å². The molecule has 0 unspecified atom stereocenters. The van der Waals surface area contributed by atoms with E-state index in [2.05, 4.69) is 49.6 Å². The highest BCUT2D eigenvalue weighted by atomic mass is 32.1. The van der Waals surface area contributed by atoms with Gasteiger partial charge in [-0.05, 0) is 26.0 Å². The van der Waals surface area contributed by atoms with E-state index in [1.54, 1.807) is 0 Å². The topological polar surface area (TPSA) is 61.4 Å². The summed E-state index contributed by atoms with van der Waals surface area (Å²) >= 11 is 1.40. The molecular formula is C16H21N5OS. The van der Waals surface area contributed by atoms with Gasteiger partial charge in [-0.25, -0.2) is 0 Å². The molecule has 2 heterocycles. The zero-order valence-corrected chi connectivity index (χ0v) is 14.2. The summed E-state index contributed by atoms with van der Waals surface area (Å²) < 4.78 is 0. The zero-order chi connectivity index (χ0) is 16.2. The van der Waals surface area contributed by atoms with Crippen molar-refractivity contribution in [2.75, 3.05) is 36.4 Å². The molecule has 3 rings (SSSR count). The molecule has 0 radical (unpaired) electrons. The van der Waals surface area contributed by atoms with Crippen LogP contribution in [0.4, 0.5) is 10.8 Å². The summed E-state index contributed by atoms with van der Waals surface area (Å²) in [6.07, 6.45) is 0. The first-order valence-electron chi connectivity index (χ1n) is 7.78. The molecule has 2 aromatic rings. The second-order valence-electron chi connectivity index (χ2n) is 5.65. The minimum absolute atomic E-state index is 0.0192. The number of para-hydroxylation sites is 1. The predicted molar refractivity (Wildman–Crippen MR) is 93.0 cm³/mol. The van der Waals surface area contributed by atoms with Crippen LogP contribution in [-0.4, -0.2) is 53.2 Å². The molecule has 23 heavy (non-hydrogen) atoms. The maximum atomic E-state index is 12.3. The maximum absolute atomic E-state index is 12.3. The average molecular weight is 331 g/mol. The second kappa shape index (κ2) is 7.06. The van der Waals surface area contributed by atoms with Gasteiger partial charge in [-0.3, -0.25) is 15.0 Å². The number of aromatic nitrogens is 2. The number of nitrogens with zero attached hydrogens (tertiary/aromatic N) is 4. The van der Waals surface area contributed by atoms with Crippen LogP contribution in [0.3, 0.4) is 0 Å². The summed E-state index contributed by atoms with van der Waals surface area (Å²) in [6, 6.07) is 10.2. The van der Waals surface area contributed by atoms with E-state index in [9.17, 15) is 4.79 Å². The highest BCUT2D eigenvalue weighted by Crippen LogP contribution is 2.18. The number of hydrogen-bond donors (Lipinski definition) is 1. The molecule has 1 aromatic carbocycles. The summed E-state index contributed by atoms with van der Waals surface area (Å²) in [4.78, 5) is 16.9. The number of piperazine rings is 1. The summed E-state index contributed by atoms with van der Waals surface area (Å²) in [6.45, 7) is 7.43. The smallest absolute Gasteiger partial charge is 0.243 e. The van der Waals surface area contributed by atoms with E-state index < -0.39 is 0 Å². The monoisotopic (exact) mass is 331 g/mol. The molecule has 0 bridgehead atoms. The number of rotatable bonds is 4. The molecule has 1 aromatic heterocycles. The number of hydrogen-bond acceptors (Lipinski definition) is 6. The van der Waals surface area contributed by atoms with E-state index in [0.29, 0.717) is 5.13 Å². The standard InChI is InChI=1S/C16H21N5OS/c1-12(15(22)17-16-19-18-13(2)23-16)20-8-10-21(11-9-20)14-6-4-3-5-7-14/h3-7,12H,8-11H2,1-2H3,(H,17,19,22)/t12-/m1/s1. The van der Waals surface area contributed by atoms with Crippen LogP contribution in [0.2, 0.25) is 0 Å². The third-order valence-electron chi connectivity index (χ3n) is 4.12. The van der Waals surface area contributed by atoms with E-state index in [0.717, 1.165) is 31.2 Å². The van der Waals surface area contributed by atoms with Gasteiger partial charge in [0.05, 0.1) is 6.04 Å². The Hall–Kier alpha value is -1.99. The van der Waals surface area contributed by atoms with Crippen LogP contribution in [0, 0.1) is 6.92 Å². The van der Waals surface area contributed by atoms with E-state index in [1.165, 1.54) is 17.0 Å². The maximum Gasteiger partial charge on any atom is 0.243 e. The highest BCUT2D eigenvalue weighted by Gasteiger charge is 2.26. The van der Waals surface area contributed by atoms with Crippen LogP contribution < -0.4 is 10.2 Å². The van der Waals surface area contributed by atoms with Gasteiger partial charge in [0, 0.05) is 31.9 Å². The fourth-order valence-corrected chi connectivity index (χ4v) is 3.32. The molecule has 7 heteroatoms. The molecule has 0 spiro atoms. The van der Waals surface area contributed by atoms with Gasteiger partial charge in [-0.15, -0.1) is 10.2 Å². The van der Waals surface area contributed by atoms with Gasteiger partial charge in [0.1, 0.15) is 5.01 Å². The molecule has 1 aliphatic heterocycles. The van der Waals surface area contributed by atoms with Gasteiger partial charge < -0.3 is 4.90 Å². The van der Waals surface area contributed by atoms with Gasteiger partial charge in [-0.2, -0.15) is 0 Å². The largest absolute Gasteiger partial charge is 0.369 e. The van der Waals surface area contributed by atoms with Crippen LogP contribution in [0.25, 0.3) is 0 Å². The third kappa shape index (κ3) is 3.86. The molecule has 0 saturated carbocycles. The lowest BCUT2D eigenvalue weighted by molar-refractivity contribution is -0.120. The summed E-state index contributed by atoms with van der Waals surface area (Å²) in [7, 11) is 0. The van der Waals surface area contributed by atoms with Gasteiger partial charge in [-0.1, -0.05) is 29.5 Å². The second-order valence-corrected chi connectivity index (χ2v) is 6.83. The van der Waals surface area contributed by atoms with Crippen molar-refractivity contribution in [2.24, 2.45) is 0 Å². The van der Waals surface area contributed by atoms with Crippen LogP contribution in [0.5, 0.6) is 0 Å². The molecular weight excluding hydrogens is 310 g/mol. The Morgan fingerprint density at radius 1 is 1.17 bits per heavy atom. The molecule has 1 atom stereocenters. The van der Waals surface area contributed by atoms with Crippen molar-refractivity contribution in [3.63, 3.8) is 0 Å². The van der Waals surface area contributed by atoms with E-state index >= 15 is 0 Å². The SMILES string of the molecule is Cc1nnc(NC(=O)[C@@H](C)N2CCN(c3ccccc3)CC2)s1. The Balaban J connectivity index is 1.53. The van der Waals surface area contributed by atoms with Crippen LogP contribution in [0.15, 0.2) is 30.3 Å². The van der Waals surface area contributed by atoms with Crippen molar-refractivity contribution in [3.8, 4) is 0 Å². The average Bonchev–Trinajstić information content (AvgIpc) is 3.00. The number of carbonyl (C=O) groups is 1. The number of carbonyl (C=O) groups excluding carboxylic acids is 1. The van der Waals surface area contributed by atoms with E-state index in [-0.39, 0.29) is 11.9 Å². The molecule has 0 aliphatic carbocycles. The molecule has 1 fully saturated rings. The van der Waals surface area contributed by atoms with Crippen LogP contribution >= 0.6 is 11.3 Å². The minimum Gasteiger partial charge on any atom is -0.369 e. The summed E-state index contributed by atoms with van der Waals surface area (Å²) in [5.41, 5.74) is 1.24. The first kappa shape index (κ1) is 15.9. The van der Waals surface area contributed by atoms with Crippen molar-refractivity contribution in [1.29, 1.82) is 0 Å². The third-order valence-corrected chi connectivity index (χ3v) is 4.87. The Kier molecular flexibility index (Phi) is 4.88. The number of nitrogens with one attached hydrogen (secondary N) is 1. The minimum atomic E-state index is -0.169. The van der Waals surface area contributed by atoms with Crippen molar-refractivity contribution in [1.82, 2.24) is 15.1 Å². The lowest BCUT2D eigenvalue weighted by Gasteiger charge is -2.38. The lowest BCUT2D eigenvalue weighted by atomic mass is 10.2. The normalized spacial score (nSPS) is 17.0. The lowest BCUT2D eigenvalue weighted by Crippen LogP contribution is -2.52. The fraction of sp³-hybridized carbons (Fsp3) is 0.438. The zero-order valence-electron chi connectivity index (χ0n) is 13.4. The van der Waals surface area contributed by atoms with Gasteiger partial charge in [0.2, 0.25) is 11.0 Å². The molecule has 1 saturated heterocycles. The van der Waals surface area contributed by atoms with Crippen LogP contribution in [-0.2, 0) is 4.79 Å². The van der Waals surface area contributed by atoms with Crippen molar-refractivity contribution in [2.45, 2.75) is 19.9 Å². The first-order chi connectivity index (χ1) is 11.1. The van der Waals surface area contributed by atoms with Gasteiger partial charge in [0.25, 0.3) is 0 Å². The molecule has 1 aliphatic rings. The Morgan fingerprint density at radius 3 is 2.48 bits per heavy atom. The van der Waals surface area contributed by atoms with Crippen molar-refractivity contribution < 1.29 is 4.79 Å². The van der Waals surface area contributed by atoms with Crippen LogP contribution in [0.1, 0.15) is 11.9 Å². The molecule has 1 N–H and O–H groups in total. The Bertz CT molecular complexity index is 652. The number of amides is 1. The summed E-state index contributed by atoms with van der Waals surface area (Å²) in [5, 5.41) is 12.1.